The Kier molecular flexibility index (Phi) is 7.75. The Morgan fingerprint density at radius 3 is 2.58 bits per heavy atom. The first kappa shape index (κ1) is 22.5. The number of hydrogen-bond donors (Lipinski definition) is 2. The van der Waals surface area contributed by atoms with Gasteiger partial charge in [0.25, 0.3) is 0 Å². The number of halogens is 1. The lowest BCUT2D eigenvalue weighted by atomic mass is 10.1. The molecule has 0 unspecified atom stereocenters. The fourth-order valence-corrected chi connectivity index (χ4v) is 3.19. The van der Waals surface area contributed by atoms with Crippen molar-refractivity contribution in [2.45, 2.75) is 6.92 Å². The Balaban J connectivity index is 1.66. The van der Waals surface area contributed by atoms with E-state index in [9.17, 15) is 4.79 Å². The van der Waals surface area contributed by atoms with E-state index in [2.05, 4.69) is 31.8 Å². The molecule has 8 heteroatoms. The van der Waals surface area contributed by atoms with Crippen LogP contribution in [0.5, 0.6) is 11.5 Å². The van der Waals surface area contributed by atoms with Crippen molar-refractivity contribution in [1.29, 1.82) is 0 Å². The van der Waals surface area contributed by atoms with E-state index >= 15 is 0 Å². The van der Waals surface area contributed by atoms with Crippen molar-refractivity contribution in [2.24, 2.45) is 5.10 Å². The van der Waals surface area contributed by atoms with Gasteiger partial charge in [-0.1, -0.05) is 33.6 Å². The van der Waals surface area contributed by atoms with Gasteiger partial charge in [-0.3, -0.25) is 5.43 Å². The lowest BCUT2D eigenvalue weighted by Gasteiger charge is -2.09. The van der Waals surface area contributed by atoms with Crippen LogP contribution in [0.3, 0.4) is 0 Å². The molecule has 2 N–H and O–H groups in total. The maximum absolute atomic E-state index is 12.5. The normalized spacial score (nSPS) is 10.5. The number of ether oxygens (including phenoxy) is 2. The molecule has 158 valence electrons. The summed E-state index contributed by atoms with van der Waals surface area (Å²) in [4.78, 5) is 12.5. The summed E-state index contributed by atoms with van der Waals surface area (Å²) in [7, 11) is 1.61. The molecule has 0 fully saturated rings. The fourth-order valence-electron chi connectivity index (χ4n) is 2.64. The van der Waals surface area contributed by atoms with Gasteiger partial charge in [-0.2, -0.15) is 5.10 Å². The molecule has 6 nitrogen and oxygen atoms in total. The summed E-state index contributed by atoms with van der Waals surface area (Å²) >= 11 is 8.68. The average Bonchev–Trinajstić information content (AvgIpc) is 2.76. The molecule has 0 spiro atoms. The van der Waals surface area contributed by atoms with Crippen molar-refractivity contribution >= 4 is 51.1 Å². The van der Waals surface area contributed by atoms with Crippen LogP contribution in [0.4, 0.5) is 5.69 Å². The van der Waals surface area contributed by atoms with E-state index in [0.717, 1.165) is 21.5 Å². The van der Waals surface area contributed by atoms with Gasteiger partial charge in [0.2, 0.25) is 0 Å². The molecule has 31 heavy (non-hydrogen) atoms. The minimum Gasteiger partial charge on any atom is -0.497 e. The van der Waals surface area contributed by atoms with Gasteiger partial charge >= 0.3 is 5.97 Å². The van der Waals surface area contributed by atoms with E-state index in [-0.39, 0.29) is 0 Å². The molecule has 0 heterocycles. The van der Waals surface area contributed by atoms with Crippen LogP contribution >= 0.6 is 28.1 Å². The van der Waals surface area contributed by atoms with Gasteiger partial charge in [0, 0.05) is 15.7 Å². The maximum Gasteiger partial charge on any atom is 0.343 e. The summed E-state index contributed by atoms with van der Waals surface area (Å²) in [6, 6.07) is 19.8. The Hall–Kier alpha value is -3.23. The second-order valence-electron chi connectivity index (χ2n) is 6.49. The van der Waals surface area contributed by atoms with Crippen molar-refractivity contribution in [3.8, 4) is 11.5 Å². The number of rotatable bonds is 6. The monoisotopic (exact) mass is 497 g/mol. The number of nitrogens with one attached hydrogen (secondary N) is 2. The molecule has 0 radical (unpaired) electrons. The lowest BCUT2D eigenvalue weighted by Crippen LogP contribution is -2.23. The molecule has 0 aromatic heterocycles. The summed E-state index contributed by atoms with van der Waals surface area (Å²) in [5, 5.41) is 7.49. The number of nitrogens with zero attached hydrogens (tertiary/aromatic N) is 1. The number of hydrogen-bond acceptors (Lipinski definition) is 5. The van der Waals surface area contributed by atoms with E-state index in [1.807, 2.05) is 43.3 Å². The van der Waals surface area contributed by atoms with Crippen molar-refractivity contribution in [3.63, 3.8) is 0 Å². The molecule has 0 aliphatic heterocycles. The largest absolute Gasteiger partial charge is 0.497 e. The molecule has 0 aliphatic carbocycles. The summed E-state index contributed by atoms with van der Waals surface area (Å²) in [6.45, 7) is 1.92. The van der Waals surface area contributed by atoms with Crippen LogP contribution in [0.2, 0.25) is 0 Å². The number of methoxy groups -OCH3 is 1. The van der Waals surface area contributed by atoms with Crippen molar-refractivity contribution < 1.29 is 14.3 Å². The van der Waals surface area contributed by atoms with Crippen LogP contribution in [0.1, 0.15) is 21.5 Å². The summed E-state index contributed by atoms with van der Waals surface area (Å²) in [6.07, 6.45) is 1.53. The number of aryl methyl sites for hydroxylation is 1. The molecule has 3 rings (SSSR count). The van der Waals surface area contributed by atoms with Gasteiger partial charge in [-0.25, -0.2) is 4.79 Å². The van der Waals surface area contributed by atoms with Crippen LogP contribution in [0, 0.1) is 6.92 Å². The number of anilines is 1. The highest BCUT2D eigenvalue weighted by atomic mass is 79.9. The van der Waals surface area contributed by atoms with Crippen LogP contribution in [0.25, 0.3) is 0 Å². The molecular formula is C23H20BrN3O3S. The van der Waals surface area contributed by atoms with Crippen molar-refractivity contribution in [1.82, 2.24) is 5.43 Å². The molecule has 3 aromatic rings. The zero-order valence-electron chi connectivity index (χ0n) is 16.9. The Morgan fingerprint density at radius 1 is 1.10 bits per heavy atom. The third-order valence-corrected chi connectivity index (χ3v) is 4.83. The minimum atomic E-state index is -0.440. The SMILES string of the molecule is COc1ccc(NC(=S)N/N=C\c2cc(Br)ccc2OC(=O)c2cccc(C)c2)cc1. The molecular weight excluding hydrogens is 478 g/mol. The quantitative estimate of drug-likeness (QED) is 0.158. The van der Waals surface area contributed by atoms with E-state index in [4.69, 9.17) is 21.7 Å². The fraction of sp³-hybridized carbons (Fsp3) is 0.0870. The number of thiocarbonyl (C=S) groups is 1. The third kappa shape index (κ3) is 6.63. The smallest absolute Gasteiger partial charge is 0.343 e. The van der Waals surface area contributed by atoms with Gasteiger partial charge in [0.05, 0.1) is 18.9 Å². The standard InChI is InChI=1S/C23H20BrN3O3S/c1-15-4-3-5-16(12-15)22(28)30-21-11-6-18(24)13-17(21)14-25-27-23(31)26-19-7-9-20(29-2)10-8-19/h3-14H,1-2H3,(H2,26,27,31)/b25-14-. The van der Waals surface area contributed by atoms with Gasteiger partial charge in [0.1, 0.15) is 11.5 Å². The van der Waals surface area contributed by atoms with Gasteiger partial charge in [-0.05, 0) is 73.7 Å². The Bertz CT molecular complexity index is 1120. The summed E-state index contributed by atoms with van der Waals surface area (Å²) in [5.74, 6) is 0.699. The summed E-state index contributed by atoms with van der Waals surface area (Å²) in [5.41, 5.74) is 5.61. The maximum atomic E-state index is 12.5. The zero-order chi connectivity index (χ0) is 22.2. The number of benzene rings is 3. The highest BCUT2D eigenvalue weighted by Gasteiger charge is 2.12. The van der Waals surface area contributed by atoms with Gasteiger partial charge < -0.3 is 14.8 Å². The summed E-state index contributed by atoms with van der Waals surface area (Å²) < 4.78 is 11.5. The van der Waals surface area contributed by atoms with Crippen LogP contribution < -0.4 is 20.2 Å². The van der Waals surface area contributed by atoms with Gasteiger partial charge in [-0.15, -0.1) is 0 Å². The Morgan fingerprint density at radius 2 is 1.87 bits per heavy atom. The minimum absolute atomic E-state index is 0.315. The first-order valence-electron chi connectivity index (χ1n) is 9.27. The van der Waals surface area contributed by atoms with Gasteiger partial charge in [0.15, 0.2) is 5.11 Å². The van der Waals surface area contributed by atoms with E-state index in [0.29, 0.717) is 22.0 Å². The molecule has 0 amide bonds. The second-order valence-corrected chi connectivity index (χ2v) is 7.82. The first-order chi connectivity index (χ1) is 14.9. The predicted octanol–water partition coefficient (Wildman–Crippen LogP) is 5.31. The molecule has 0 saturated heterocycles. The number of esters is 1. The Labute approximate surface area is 194 Å². The third-order valence-electron chi connectivity index (χ3n) is 4.15. The topological polar surface area (TPSA) is 71.9 Å². The predicted molar refractivity (Wildman–Crippen MR) is 130 cm³/mol. The zero-order valence-corrected chi connectivity index (χ0v) is 19.3. The highest BCUT2D eigenvalue weighted by Crippen LogP contribution is 2.23. The van der Waals surface area contributed by atoms with Crippen molar-refractivity contribution in [3.05, 3.63) is 87.9 Å². The van der Waals surface area contributed by atoms with E-state index in [1.54, 1.807) is 37.4 Å². The van der Waals surface area contributed by atoms with E-state index in [1.165, 1.54) is 6.21 Å². The number of carbonyl (C=O) groups is 1. The number of carbonyl (C=O) groups excluding carboxylic acids is 1. The molecule has 3 aromatic carbocycles. The molecule has 0 saturated carbocycles. The molecule has 0 bridgehead atoms. The van der Waals surface area contributed by atoms with Crippen molar-refractivity contribution in [2.75, 3.05) is 12.4 Å². The van der Waals surface area contributed by atoms with E-state index < -0.39 is 5.97 Å². The lowest BCUT2D eigenvalue weighted by molar-refractivity contribution is 0.0734. The average molecular weight is 498 g/mol. The first-order valence-corrected chi connectivity index (χ1v) is 10.5. The van der Waals surface area contributed by atoms with Crippen LogP contribution in [-0.4, -0.2) is 24.4 Å². The highest BCUT2D eigenvalue weighted by molar-refractivity contribution is 9.10. The number of hydrazone groups is 1. The molecule has 0 atom stereocenters. The second kappa shape index (κ2) is 10.7. The molecule has 0 aliphatic rings. The van der Waals surface area contributed by atoms with Crippen LogP contribution in [0.15, 0.2) is 76.3 Å². The van der Waals surface area contributed by atoms with Crippen LogP contribution in [-0.2, 0) is 0 Å².